The fourth-order valence-corrected chi connectivity index (χ4v) is 3.72. The lowest BCUT2D eigenvalue weighted by atomic mass is 9.84. The van der Waals surface area contributed by atoms with Crippen LogP contribution in [0.1, 0.15) is 19.3 Å². The third-order valence-electron chi connectivity index (χ3n) is 4.49. The van der Waals surface area contributed by atoms with Gasteiger partial charge in [-0.3, -0.25) is 4.79 Å². The highest BCUT2D eigenvalue weighted by Gasteiger charge is 2.49. The molecule has 0 aliphatic heterocycles. The van der Waals surface area contributed by atoms with Crippen LogP contribution in [-0.2, 0) is 4.79 Å². The molecule has 2 fully saturated rings. The van der Waals surface area contributed by atoms with Gasteiger partial charge in [0.25, 0.3) is 0 Å². The first-order valence-corrected chi connectivity index (χ1v) is 6.96. The van der Waals surface area contributed by atoms with Gasteiger partial charge in [0.1, 0.15) is 0 Å². The van der Waals surface area contributed by atoms with Crippen LogP contribution in [-0.4, -0.2) is 11.9 Å². The summed E-state index contributed by atoms with van der Waals surface area (Å²) >= 11 is 5.70. The van der Waals surface area contributed by atoms with Crippen molar-refractivity contribution in [2.24, 2.45) is 23.5 Å². The predicted molar refractivity (Wildman–Crippen MR) is 72.3 cm³/mol. The van der Waals surface area contributed by atoms with Crippen LogP contribution in [0.3, 0.4) is 0 Å². The Kier molecular flexibility index (Phi) is 3.23. The molecule has 4 atom stereocenters. The lowest BCUT2D eigenvalue weighted by Crippen LogP contribution is -2.42. The maximum absolute atomic E-state index is 13.8. The van der Waals surface area contributed by atoms with E-state index < -0.39 is 5.82 Å². The van der Waals surface area contributed by atoms with Gasteiger partial charge in [-0.1, -0.05) is 17.7 Å². The number of rotatable bonds is 2. The van der Waals surface area contributed by atoms with Crippen LogP contribution in [0.5, 0.6) is 0 Å². The Morgan fingerprint density at radius 1 is 1.37 bits per heavy atom. The molecule has 2 saturated carbocycles. The van der Waals surface area contributed by atoms with Crippen LogP contribution in [0.4, 0.5) is 10.1 Å². The second-order valence-corrected chi connectivity index (χ2v) is 5.93. The number of carbonyl (C=O) groups excluding carboxylic acids is 1. The number of nitrogens with two attached hydrogens (primary N) is 1. The monoisotopic (exact) mass is 282 g/mol. The molecule has 5 heteroatoms. The number of anilines is 1. The van der Waals surface area contributed by atoms with Gasteiger partial charge >= 0.3 is 0 Å². The zero-order valence-corrected chi connectivity index (χ0v) is 11.2. The van der Waals surface area contributed by atoms with Gasteiger partial charge in [-0.05, 0) is 43.2 Å². The molecule has 0 heterocycles. The molecule has 1 aromatic rings. The van der Waals surface area contributed by atoms with Crippen molar-refractivity contribution < 1.29 is 9.18 Å². The Bertz CT molecular complexity index is 520. The summed E-state index contributed by atoms with van der Waals surface area (Å²) in [6.07, 6.45) is 3.19. The zero-order chi connectivity index (χ0) is 13.6. The number of benzene rings is 1. The summed E-state index contributed by atoms with van der Waals surface area (Å²) < 4.78 is 13.8. The molecule has 1 aromatic carbocycles. The Morgan fingerprint density at radius 2 is 2.11 bits per heavy atom. The molecule has 1 amide bonds. The van der Waals surface area contributed by atoms with E-state index in [1.165, 1.54) is 12.1 Å². The van der Waals surface area contributed by atoms with Crippen LogP contribution in [0, 0.1) is 23.6 Å². The Labute approximate surface area is 116 Å². The minimum Gasteiger partial charge on any atom is -0.327 e. The number of amides is 1. The summed E-state index contributed by atoms with van der Waals surface area (Å²) in [6.45, 7) is 0. The molecule has 19 heavy (non-hydrogen) atoms. The van der Waals surface area contributed by atoms with Crippen molar-refractivity contribution in [3.63, 3.8) is 0 Å². The number of fused-ring (bicyclic) bond motifs is 2. The van der Waals surface area contributed by atoms with E-state index in [4.69, 9.17) is 17.3 Å². The lowest BCUT2D eigenvalue weighted by Gasteiger charge is -2.27. The van der Waals surface area contributed by atoms with Crippen LogP contribution >= 0.6 is 11.6 Å². The summed E-state index contributed by atoms with van der Waals surface area (Å²) in [7, 11) is 0. The van der Waals surface area contributed by atoms with Crippen molar-refractivity contribution in [3.8, 4) is 0 Å². The third kappa shape index (κ3) is 2.13. The largest absolute Gasteiger partial charge is 0.327 e. The topological polar surface area (TPSA) is 55.1 Å². The van der Waals surface area contributed by atoms with E-state index in [0.29, 0.717) is 11.8 Å². The van der Waals surface area contributed by atoms with Gasteiger partial charge in [0, 0.05) is 6.04 Å². The second-order valence-electron chi connectivity index (χ2n) is 5.53. The average Bonchev–Trinajstić information content (AvgIpc) is 2.95. The molecule has 2 aliphatic carbocycles. The highest BCUT2D eigenvalue weighted by Crippen LogP contribution is 2.48. The summed E-state index contributed by atoms with van der Waals surface area (Å²) in [5, 5.41) is 2.64. The minimum atomic E-state index is -0.589. The molecule has 3 nitrogen and oxygen atoms in total. The molecule has 4 unspecified atom stereocenters. The fraction of sp³-hybridized carbons (Fsp3) is 0.500. The Balaban J connectivity index is 1.77. The molecule has 2 bridgehead atoms. The number of hydrogen-bond acceptors (Lipinski definition) is 2. The first kappa shape index (κ1) is 12.9. The van der Waals surface area contributed by atoms with Gasteiger partial charge in [-0.25, -0.2) is 4.39 Å². The quantitative estimate of drug-likeness (QED) is 0.876. The molecule has 102 valence electrons. The molecule has 3 rings (SSSR count). The number of halogens is 2. The molecule has 0 radical (unpaired) electrons. The van der Waals surface area contributed by atoms with Gasteiger partial charge in [-0.2, -0.15) is 0 Å². The second kappa shape index (κ2) is 4.76. The predicted octanol–water partition coefficient (Wildman–Crippen LogP) is 2.79. The van der Waals surface area contributed by atoms with E-state index in [1.807, 2.05) is 0 Å². The zero-order valence-electron chi connectivity index (χ0n) is 10.4. The van der Waals surface area contributed by atoms with E-state index >= 15 is 0 Å². The highest BCUT2D eigenvalue weighted by atomic mass is 35.5. The Hall–Kier alpha value is -1.13. The van der Waals surface area contributed by atoms with E-state index in [1.54, 1.807) is 6.07 Å². The average molecular weight is 283 g/mol. The third-order valence-corrected chi connectivity index (χ3v) is 4.78. The summed E-state index contributed by atoms with van der Waals surface area (Å²) in [4.78, 5) is 12.3. The molecule has 0 spiro atoms. The van der Waals surface area contributed by atoms with E-state index in [9.17, 15) is 9.18 Å². The summed E-state index contributed by atoms with van der Waals surface area (Å²) in [6, 6.07) is 4.48. The maximum atomic E-state index is 13.8. The number of hydrogen-bond donors (Lipinski definition) is 2. The number of carbonyl (C=O) groups is 1. The van der Waals surface area contributed by atoms with Crippen LogP contribution in [0.15, 0.2) is 18.2 Å². The van der Waals surface area contributed by atoms with Crippen molar-refractivity contribution in [1.82, 2.24) is 0 Å². The van der Waals surface area contributed by atoms with Crippen molar-refractivity contribution >= 4 is 23.2 Å². The molecule has 2 aliphatic rings. The van der Waals surface area contributed by atoms with Gasteiger partial charge < -0.3 is 11.1 Å². The van der Waals surface area contributed by atoms with Gasteiger partial charge in [-0.15, -0.1) is 0 Å². The molecular formula is C14H16ClFN2O. The first-order chi connectivity index (χ1) is 9.08. The van der Waals surface area contributed by atoms with Crippen molar-refractivity contribution in [3.05, 3.63) is 29.0 Å². The normalized spacial score (nSPS) is 32.6. The fourth-order valence-electron chi connectivity index (χ4n) is 3.54. The summed E-state index contributed by atoms with van der Waals surface area (Å²) in [5.41, 5.74) is 6.24. The van der Waals surface area contributed by atoms with E-state index in [2.05, 4.69) is 5.32 Å². The molecule has 0 aromatic heterocycles. The first-order valence-electron chi connectivity index (χ1n) is 6.58. The van der Waals surface area contributed by atoms with Crippen molar-refractivity contribution in [2.75, 3.05) is 5.32 Å². The molecular weight excluding hydrogens is 267 g/mol. The SMILES string of the molecule is NC1C2CCC(C2)C1C(=O)Nc1cccc(Cl)c1F. The van der Waals surface area contributed by atoms with Gasteiger partial charge in [0.15, 0.2) is 5.82 Å². The minimum absolute atomic E-state index is 0.00930. The lowest BCUT2D eigenvalue weighted by molar-refractivity contribution is -0.121. The molecule has 0 saturated heterocycles. The number of nitrogens with one attached hydrogen (secondary N) is 1. The van der Waals surface area contributed by atoms with Gasteiger partial charge in [0.2, 0.25) is 5.91 Å². The van der Waals surface area contributed by atoms with E-state index in [-0.39, 0.29) is 28.6 Å². The smallest absolute Gasteiger partial charge is 0.229 e. The maximum Gasteiger partial charge on any atom is 0.229 e. The van der Waals surface area contributed by atoms with Crippen LogP contribution in [0.2, 0.25) is 5.02 Å². The van der Waals surface area contributed by atoms with Crippen molar-refractivity contribution in [1.29, 1.82) is 0 Å². The van der Waals surface area contributed by atoms with E-state index in [0.717, 1.165) is 19.3 Å². The standard InChI is InChI=1S/C14H16ClFN2O/c15-9-2-1-3-10(12(9)16)18-14(19)11-7-4-5-8(6-7)13(11)17/h1-3,7-8,11,13H,4-6,17H2,(H,18,19). The van der Waals surface area contributed by atoms with Gasteiger partial charge in [0.05, 0.1) is 16.6 Å². The van der Waals surface area contributed by atoms with Crippen molar-refractivity contribution in [2.45, 2.75) is 25.3 Å². The Morgan fingerprint density at radius 3 is 2.79 bits per heavy atom. The van der Waals surface area contributed by atoms with Crippen LogP contribution in [0.25, 0.3) is 0 Å². The summed E-state index contributed by atoms with van der Waals surface area (Å²) in [5.74, 6) is -0.167. The van der Waals surface area contributed by atoms with Crippen LogP contribution < -0.4 is 11.1 Å². The molecule has 3 N–H and O–H groups in total. The highest BCUT2D eigenvalue weighted by molar-refractivity contribution is 6.31.